The lowest BCUT2D eigenvalue weighted by Gasteiger charge is -2.19. The maximum Gasteiger partial charge on any atom is 0.408 e. The molecular formula is C13H15ClFNO3. The van der Waals surface area contributed by atoms with Crippen molar-refractivity contribution in [3.05, 3.63) is 34.6 Å². The minimum absolute atomic E-state index is 0.0102. The van der Waals surface area contributed by atoms with Gasteiger partial charge in [0.25, 0.3) is 0 Å². The fraction of sp³-hybridized carbons (Fsp3) is 0.385. The minimum atomic E-state index is -0.742. The van der Waals surface area contributed by atoms with Gasteiger partial charge in [-0.2, -0.15) is 0 Å². The van der Waals surface area contributed by atoms with E-state index in [1.807, 2.05) is 0 Å². The number of ketones is 1. The van der Waals surface area contributed by atoms with Crippen LogP contribution >= 0.6 is 11.6 Å². The summed E-state index contributed by atoms with van der Waals surface area (Å²) in [7, 11) is 0. The number of benzene rings is 1. The molecule has 104 valence electrons. The third-order valence-corrected chi connectivity index (χ3v) is 2.35. The van der Waals surface area contributed by atoms with Gasteiger partial charge in [0.1, 0.15) is 11.4 Å². The summed E-state index contributed by atoms with van der Waals surface area (Å²) in [6.45, 7) is 4.71. The zero-order valence-electron chi connectivity index (χ0n) is 10.9. The summed E-state index contributed by atoms with van der Waals surface area (Å²) in [5.41, 5.74) is -0.900. The Morgan fingerprint density at radius 3 is 2.53 bits per heavy atom. The highest BCUT2D eigenvalue weighted by Crippen LogP contribution is 2.19. The Morgan fingerprint density at radius 2 is 2.00 bits per heavy atom. The summed E-state index contributed by atoms with van der Waals surface area (Å²) in [5, 5.41) is 2.27. The van der Waals surface area contributed by atoms with Crippen molar-refractivity contribution in [1.82, 2.24) is 5.32 Å². The molecule has 19 heavy (non-hydrogen) atoms. The summed E-state index contributed by atoms with van der Waals surface area (Å²) < 4.78 is 18.4. The van der Waals surface area contributed by atoms with Gasteiger partial charge in [-0.15, -0.1) is 0 Å². The molecule has 1 rings (SSSR count). The molecule has 0 heterocycles. The van der Waals surface area contributed by atoms with Crippen molar-refractivity contribution >= 4 is 23.5 Å². The summed E-state index contributed by atoms with van der Waals surface area (Å²) >= 11 is 5.74. The Bertz CT molecular complexity index is 477. The Hall–Kier alpha value is -1.62. The molecule has 1 amide bonds. The first-order valence-corrected chi connectivity index (χ1v) is 6.02. The summed E-state index contributed by atoms with van der Waals surface area (Å²) in [6.07, 6.45) is -0.742. The molecule has 0 atom stereocenters. The number of carbonyl (C=O) groups excluding carboxylic acids is 2. The summed E-state index contributed by atoms with van der Waals surface area (Å²) in [5.74, 6) is -1.34. The predicted molar refractivity (Wildman–Crippen MR) is 70.0 cm³/mol. The number of nitrogens with one attached hydrogen (secondary N) is 1. The lowest BCUT2D eigenvalue weighted by atomic mass is 10.1. The van der Waals surface area contributed by atoms with E-state index in [1.54, 1.807) is 20.8 Å². The first-order chi connectivity index (χ1) is 8.70. The Balaban J connectivity index is 2.64. The third-order valence-electron chi connectivity index (χ3n) is 2.03. The van der Waals surface area contributed by atoms with Gasteiger partial charge < -0.3 is 10.1 Å². The number of halogens is 2. The highest BCUT2D eigenvalue weighted by molar-refractivity contribution is 6.34. The van der Waals surface area contributed by atoms with Crippen LogP contribution in [0.25, 0.3) is 0 Å². The van der Waals surface area contributed by atoms with E-state index in [1.165, 1.54) is 12.1 Å². The molecule has 1 aromatic rings. The van der Waals surface area contributed by atoms with Gasteiger partial charge in [0.15, 0.2) is 5.78 Å². The lowest BCUT2D eigenvalue weighted by Crippen LogP contribution is -2.35. The van der Waals surface area contributed by atoms with Gasteiger partial charge in [-0.3, -0.25) is 4.79 Å². The molecule has 0 aromatic heterocycles. The largest absolute Gasteiger partial charge is 0.444 e. The van der Waals surface area contributed by atoms with Gasteiger partial charge in [-0.25, -0.2) is 9.18 Å². The van der Waals surface area contributed by atoms with Crippen molar-refractivity contribution < 1.29 is 18.7 Å². The van der Waals surface area contributed by atoms with E-state index in [4.69, 9.17) is 16.3 Å². The number of alkyl carbamates (subject to hydrolysis) is 1. The zero-order chi connectivity index (χ0) is 14.6. The molecule has 0 bridgehead atoms. The van der Waals surface area contributed by atoms with E-state index in [2.05, 4.69) is 5.32 Å². The minimum Gasteiger partial charge on any atom is -0.444 e. The van der Waals surface area contributed by atoms with Gasteiger partial charge in [-0.05, 0) is 32.9 Å². The molecule has 0 aliphatic rings. The van der Waals surface area contributed by atoms with Crippen LogP contribution in [0.2, 0.25) is 5.02 Å². The van der Waals surface area contributed by atoms with Crippen molar-refractivity contribution in [3.8, 4) is 0 Å². The second-order valence-electron chi connectivity index (χ2n) is 4.88. The molecule has 0 saturated heterocycles. The Morgan fingerprint density at radius 1 is 1.37 bits per heavy atom. The highest BCUT2D eigenvalue weighted by atomic mass is 35.5. The van der Waals surface area contributed by atoms with Gasteiger partial charge >= 0.3 is 6.09 Å². The van der Waals surface area contributed by atoms with Crippen molar-refractivity contribution in [1.29, 1.82) is 0 Å². The van der Waals surface area contributed by atoms with E-state index in [0.29, 0.717) is 0 Å². The number of hydrogen-bond acceptors (Lipinski definition) is 3. The first kappa shape index (κ1) is 15.4. The van der Waals surface area contributed by atoms with Crippen molar-refractivity contribution in [2.24, 2.45) is 0 Å². The molecule has 0 spiro atoms. The van der Waals surface area contributed by atoms with E-state index < -0.39 is 23.3 Å². The Labute approximate surface area is 115 Å². The smallest absolute Gasteiger partial charge is 0.408 e. The molecule has 1 N–H and O–H groups in total. The van der Waals surface area contributed by atoms with Crippen LogP contribution in [-0.4, -0.2) is 24.0 Å². The normalized spacial score (nSPS) is 11.0. The number of rotatable bonds is 3. The van der Waals surface area contributed by atoms with Gasteiger partial charge in [0.2, 0.25) is 0 Å². The van der Waals surface area contributed by atoms with E-state index in [-0.39, 0.29) is 17.1 Å². The van der Waals surface area contributed by atoms with Crippen molar-refractivity contribution in [2.75, 3.05) is 6.54 Å². The van der Waals surface area contributed by atoms with Crippen LogP contribution in [0.1, 0.15) is 31.1 Å². The van der Waals surface area contributed by atoms with Crippen LogP contribution in [0, 0.1) is 5.82 Å². The maximum atomic E-state index is 13.4. The maximum absolute atomic E-state index is 13.4. The van der Waals surface area contributed by atoms with Gasteiger partial charge in [0.05, 0.1) is 17.1 Å². The molecular weight excluding hydrogens is 273 g/mol. The molecule has 0 aliphatic carbocycles. The van der Waals surface area contributed by atoms with Crippen LogP contribution in [0.4, 0.5) is 9.18 Å². The molecule has 4 nitrogen and oxygen atoms in total. The topological polar surface area (TPSA) is 55.4 Å². The Kier molecular flexibility index (Phi) is 4.89. The van der Waals surface area contributed by atoms with Gasteiger partial charge in [0, 0.05) is 0 Å². The van der Waals surface area contributed by atoms with E-state index >= 15 is 0 Å². The number of carbonyl (C=O) groups is 2. The van der Waals surface area contributed by atoms with Crippen LogP contribution in [0.3, 0.4) is 0 Å². The molecule has 6 heteroatoms. The summed E-state index contributed by atoms with van der Waals surface area (Å²) in [6, 6.07) is 3.94. The third kappa shape index (κ3) is 4.87. The molecule has 0 aliphatic heterocycles. The van der Waals surface area contributed by atoms with Crippen molar-refractivity contribution in [2.45, 2.75) is 26.4 Å². The molecule has 0 fully saturated rings. The number of amides is 1. The zero-order valence-corrected chi connectivity index (χ0v) is 11.7. The second kappa shape index (κ2) is 6.02. The SMILES string of the molecule is CC(C)(C)OC(=O)NCC(=O)c1c(F)cccc1Cl. The monoisotopic (exact) mass is 287 g/mol. The summed E-state index contributed by atoms with van der Waals surface area (Å²) in [4.78, 5) is 23.1. The fourth-order valence-electron chi connectivity index (χ4n) is 1.32. The predicted octanol–water partition coefficient (Wildman–Crippen LogP) is 3.19. The first-order valence-electron chi connectivity index (χ1n) is 5.65. The quantitative estimate of drug-likeness (QED) is 0.869. The van der Waals surface area contributed by atoms with Crippen LogP contribution < -0.4 is 5.32 Å². The second-order valence-corrected chi connectivity index (χ2v) is 5.28. The van der Waals surface area contributed by atoms with E-state index in [0.717, 1.165) is 6.07 Å². The van der Waals surface area contributed by atoms with Crippen LogP contribution in [-0.2, 0) is 4.74 Å². The molecule has 0 saturated carbocycles. The van der Waals surface area contributed by atoms with E-state index in [9.17, 15) is 14.0 Å². The van der Waals surface area contributed by atoms with Crippen LogP contribution in [0.15, 0.2) is 18.2 Å². The highest BCUT2D eigenvalue weighted by Gasteiger charge is 2.19. The molecule has 0 radical (unpaired) electrons. The number of ether oxygens (including phenoxy) is 1. The fourth-order valence-corrected chi connectivity index (χ4v) is 1.59. The van der Waals surface area contributed by atoms with Gasteiger partial charge in [-0.1, -0.05) is 17.7 Å². The average Bonchev–Trinajstić information content (AvgIpc) is 2.23. The standard InChI is InChI=1S/C13H15ClFNO3/c1-13(2,3)19-12(18)16-7-10(17)11-8(14)5-4-6-9(11)15/h4-6H,7H2,1-3H3,(H,16,18). The average molecular weight is 288 g/mol. The lowest BCUT2D eigenvalue weighted by molar-refractivity contribution is 0.0520. The number of Topliss-reactive ketones (excluding diaryl/α,β-unsaturated/α-hetero) is 1. The molecule has 1 aromatic carbocycles. The van der Waals surface area contributed by atoms with Crippen LogP contribution in [0.5, 0.6) is 0 Å². The molecule has 0 unspecified atom stereocenters. The van der Waals surface area contributed by atoms with Crippen molar-refractivity contribution in [3.63, 3.8) is 0 Å². The number of hydrogen-bond donors (Lipinski definition) is 1.